The van der Waals surface area contributed by atoms with Gasteiger partial charge in [-0.15, -0.1) is 0 Å². The van der Waals surface area contributed by atoms with E-state index in [1.165, 1.54) is 0 Å². The Morgan fingerprint density at radius 3 is 1.35 bits per heavy atom. The highest BCUT2D eigenvalue weighted by Gasteiger charge is 2.36. The average molecular weight is 266 g/mol. The molecule has 0 aromatic carbocycles. The maximum atomic E-state index is 9.63. The van der Waals surface area contributed by atoms with Gasteiger partial charge in [-0.1, -0.05) is 39.5 Å². The molecular formula is C12H26O4S. The molecule has 4 nitrogen and oxygen atoms in total. The SMILES string of the molecule is CCCCCC(O)(O)SC(O)(O)CCCCC. The first-order chi connectivity index (χ1) is 7.83. The smallest absolute Gasteiger partial charge is 0.218 e. The molecule has 0 amide bonds. The summed E-state index contributed by atoms with van der Waals surface area (Å²) in [5.74, 6) is 0. The molecule has 0 aliphatic carbocycles. The highest BCUT2D eigenvalue weighted by molar-refractivity contribution is 8.01. The van der Waals surface area contributed by atoms with E-state index in [-0.39, 0.29) is 12.8 Å². The van der Waals surface area contributed by atoms with Crippen LogP contribution in [0.3, 0.4) is 0 Å². The van der Waals surface area contributed by atoms with E-state index in [2.05, 4.69) is 0 Å². The fraction of sp³-hybridized carbons (Fsp3) is 1.00. The maximum Gasteiger partial charge on any atom is 0.218 e. The molecule has 0 aromatic rings. The molecule has 0 radical (unpaired) electrons. The predicted molar refractivity (Wildman–Crippen MR) is 70.2 cm³/mol. The minimum Gasteiger partial charge on any atom is -0.357 e. The molecule has 0 bridgehead atoms. The van der Waals surface area contributed by atoms with Crippen molar-refractivity contribution in [3.63, 3.8) is 0 Å². The molecule has 0 aliphatic heterocycles. The fourth-order valence-corrected chi connectivity index (χ4v) is 2.59. The first-order valence-electron chi connectivity index (χ1n) is 6.42. The Hall–Kier alpha value is 0.190. The van der Waals surface area contributed by atoms with Gasteiger partial charge in [0.25, 0.3) is 0 Å². The quantitative estimate of drug-likeness (QED) is 0.360. The van der Waals surface area contributed by atoms with Crippen LogP contribution < -0.4 is 0 Å². The van der Waals surface area contributed by atoms with Crippen LogP contribution in [0.25, 0.3) is 0 Å². The minimum absolute atomic E-state index is 0.155. The van der Waals surface area contributed by atoms with Crippen molar-refractivity contribution in [2.75, 3.05) is 0 Å². The van der Waals surface area contributed by atoms with E-state index in [0.717, 1.165) is 25.7 Å². The monoisotopic (exact) mass is 266 g/mol. The van der Waals surface area contributed by atoms with Gasteiger partial charge in [-0.2, -0.15) is 0 Å². The first kappa shape index (κ1) is 17.2. The van der Waals surface area contributed by atoms with E-state index in [4.69, 9.17) is 0 Å². The topological polar surface area (TPSA) is 80.9 Å². The van der Waals surface area contributed by atoms with Gasteiger partial charge in [0.15, 0.2) is 0 Å². The van der Waals surface area contributed by atoms with E-state index < -0.39 is 10.2 Å². The first-order valence-corrected chi connectivity index (χ1v) is 7.24. The van der Waals surface area contributed by atoms with Crippen LogP contribution in [0, 0.1) is 0 Å². The molecule has 104 valence electrons. The minimum atomic E-state index is -2.05. The molecule has 0 aliphatic rings. The molecule has 0 atom stereocenters. The molecule has 0 saturated carbocycles. The summed E-state index contributed by atoms with van der Waals surface area (Å²) in [6, 6.07) is 0. The molecule has 0 rings (SSSR count). The van der Waals surface area contributed by atoms with Crippen LogP contribution in [0.4, 0.5) is 0 Å². The predicted octanol–water partition coefficient (Wildman–Crippen LogP) is 2.16. The Morgan fingerprint density at radius 2 is 1.06 bits per heavy atom. The van der Waals surface area contributed by atoms with Crippen molar-refractivity contribution in [1.29, 1.82) is 0 Å². The van der Waals surface area contributed by atoms with Gasteiger partial charge in [-0.05, 0) is 24.6 Å². The van der Waals surface area contributed by atoms with Crippen LogP contribution >= 0.6 is 11.8 Å². The fourth-order valence-electron chi connectivity index (χ4n) is 1.57. The van der Waals surface area contributed by atoms with E-state index in [9.17, 15) is 20.4 Å². The number of unbranched alkanes of at least 4 members (excludes halogenated alkanes) is 4. The summed E-state index contributed by atoms with van der Waals surface area (Å²) in [5.41, 5.74) is 0. The molecule has 5 heteroatoms. The third kappa shape index (κ3) is 9.85. The van der Waals surface area contributed by atoms with Crippen molar-refractivity contribution in [2.45, 2.75) is 75.5 Å². The van der Waals surface area contributed by atoms with Crippen LogP contribution in [0.2, 0.25) is 0 Å². The zero-order valence-corrected chi connectivity index (χ0v) is 11.7. The van der Waals surface area contributed by atoms with E-state index in [0.29, 0.717) is 24.6 Å². The van der Waals surface area contributed by atoms with E-state index >= 15 is 0 Å². The van der Waals surface area contributed by atoms with E-state index in [1.54, 1.807) is 0 Å². The maximum absolute atomic E-state index is 9.63. The van der Waals surface area contributed by atoms with Crippen LogP contribution in [-0.4, -0.2) is 30.7 Å². The van der Waals surface area contributed by atoms with Gasteiger partial charge in [-0.25, -0.2) is 0 Å². The number of rotatable bonds is 10. The third-order valence-corrected chi connectivity index (χ3v) is 3.60. The van der Waals surface area contributed by atoms with Crippen molar-refractivity contribution in [1.82, 2.24) is 0 Å². The van der Waals surface area contributed by atoms with Crippen LogP contribution in [0.15, 0.2) is 0 Å². The van der Waals surface area contributed by atoms with Crippen LogP contribution in [-0.2, 0) is 0 Å². The summed E-state index contributed by atoms with van der Waals surface area (Å²) in [4.78, 5) is 0. The highest BCUT2D eigenvalue weighted by Crippen LogP contribution is 2.36. The summed E-state index contributed by atoms with van der Waals surface area (Å²) in [5, 5.41) is 34.4. The summed E-state index contributed by atoms with van der Waals surface area (Å²) >= 11 is 0.427. The molecule has 0 aromatic heterocycles. The van der Waals surface area contributed by atoms with Crippen molar-refractivity contribution >= 4 is 11.8 Å². The van der Waals surface area contributed by atoms with Crippen LogP contribution in [0.5, 0.6) is 0 Å². The Labute approximate surface area is 108 Å². The summed E-state index contributed by atoms with van der Waals surface area (Å²) in [6.07, 6.45) is 5.43. The molecular weight excluding hydrogens is 240 g/mol. The zero-order chi connectivity index (χ0) is 13.4. The molecule has 4 N–H and O–H groups in total. The van der Waals surface area contributed by atoms with Crippen molar-refractivity contribution < 1.29 is 20.4 Å². The molecule has 0 saturated heterocycles. The highest BCUT2D eigenvalue weighted by atomic mass is 32.2. The van der Waals surface area contributed by atoms with Gasteiger partial charge >= 0.3 is 0 Å². The largest absolute Gasteiger partial charge is 0.357 e. The Kier molecular flexibility index (Phi) is 8.41. The van der Waals surface area contributed by atoms with Gasteiger partial charge < -0.3 is 20.4 Å². The average Bonchev–Trinajstić information content (AvgIpc) is 2.16. The number of hydrogen-bond acceptors (Lipinski definition) is 5. The number of thioether (sulfide) groups is 1. The van der Waals surface area contributed by atoms with Crippen molar-refractivity contribution in [3.8, 4) is 0 Å². The lowest BCUT2D eigenvalue weighted by Gasteiger charge is -2.29. The standard InChI is InChI=1S/C12H26O4S/c1-3-5-7-9-11(13,14)17-12(15,16)10-8-6-4-2/h13-16H,3-10H2,1-2H3. The Bertz CT molecular complexity index is 175. The molecule has 0 heterocycles. The van der Waals surface area contributed by atoms with Crippen LogP contribution in [0.1, 0.15) is 65.2 Å². The zero-order valence-electron chi connectivity index (χ0n) is 10.9. The molecule has 0 unspecified atom stereocenters. The van der Waals surface area contributed by atoms with Crippen molar-refractivity contribution in [2.24, 2.45) is 0 Å². The van der Waals surface area contributed by atoms with E-state index in [1.807, 2.05) is 13.8 Å². The van der Waals surface area contributed by atoms with Gasteiger partial charge in [-0.3, -0.25) is 0 Å². The number of aliphatic hydroxyl groups is 4. The molecule has 0 spiro atoms. The Morgan fingerprint density at radius 1 is 0.706 bits per heavy atom. The summed E-state index contributed by atoms with van der Waals surface area (Å²) < 4.78 is 0. The second-order valence-corrected chi connectivity index (χ2v) is 6.01. The normalized spacial score (nSPS) is 13.1. The van der Waals surface area contributed by atoms with Gasteiger partial charge in [0.05, 0.1) is 0 Å². The second kappa shape index (κ2) is 8.32. The molecule has 17 heavy (non-hydrogen) atoms. The Balaban J connectivity index is 3.99. The number of hydrogen-bond donors (Lipinski definition) is 4. The third-order valence-electron chi connectivity index (χ3n) is 2.54. The second-order valence-electron chi connectivity index (χ2n) is 4.50. The summed E-state index contributed by atoms with van der Waals surface area (Å²) in [7, 11) is 0. The van der Waals surface area contributed by atoms with Gasteiger partial charge in [0, 0.05) is 12.8 Å². The van der Waals surface area contributed by atoms with Crippen molar-refractivity contribution in [3.05, 3.63) is 0 Å². The lowest BCUT2D eigenvalue weighted by molar-refractivity contribution is -0.115. The van der Waals surface area contributed by atoms with Gasteiger partial charge in [0.2, 0.25) is 10.2 Å². The lowest BCUT2D eigenvalue weighted by atomic mass is 10.2. The summed E-state index contributed by atoms with van der Waals surface area (Å²) in [6.45, 7) is 4.05. The molecule has 0 fully saturated rings. The lowest BCUT2D eigenvalue weighted by Crippen LogP contribution is -2.35. The van der Waals surface area contributed by atoms with Gasteiger partial charge in [0.1, 0.15) is 0 Å².